The minimum atomic E-state index is -1.21. The highest BCUT2D eigenvalue weighted by atomic mass is 16.6. The molecule has 0 saturated heterocycles. The third-order valence-corrected chi connectivity index (χ3v) is 3.48. The Hall–Kier alpha value is -1.06. The summed E-state index contributed by atoms with van der Waals surface area (Å²) in [4.78, 5) is 23.8. The molecule has 21 heavy (non-hydrogen) atoms. The maximum absolute atomic E-state index is 12.0. The predicted octanol–water partition coefficient (Wildman–Crippen LogP) is 4.26. The number of carbonyl (C=O) groups excluding carboxylic acids is 2. The Kier molecular flexibility index (Phi) is 11.0. The molecule has 0 radical (unpaired) electrons. The largest absolute Gasteiger partial charge is 0.465 e. The smallest absolute Gasteiger partial charge is 0.322 e. The van der Waals surface area contributed by atoms with Crippen molar-refractivity contribution in [1.29, 1.82) is 0 Å². The Morgan fingerprint density at radius 1 is 0.714 bits per heavy atom. The van der Waals surface area contributed by atoms with Crippen LogP contribution in [-0.4, -0.2) is 25.2 Å². The van der Waals surface area contributed by atoms with Crippen LogP contribution in [0.15, 0.2) is 0 Å². The zero-order valence-corrected chi connectivity index (χ0v) is 14.2. The minimum absolute atomic E-state index is 0.365. The lowest BCUT2D eigenvalue weighted by Crippen LogP contribution is -2.37. The van der Waals surface area contributed by atoms with E-state index in [0.717, 1.165) is 25.7 Å². The Morgan fingerprint density at radius 3 is 1.67 bits per heavy atom. The van der Waals surface area contributed by atoms with E-state index in [4.69, 9.17) is 9.47 Å². The Bertz CT molecular complexity index is 297. The van der Waals surface area contributed by atoms with Crippen molar-refractivity contribution in [2.75, 3.05) is 13.2 Å². The average Bonchev–Trinajstić information content (AvgIpc) is 2.46. The van der Waals surface area contributed by atoms with E-state index in [9.17, 15) is 9.59 Å². The molecule has 0 bridgehead atoms. The first-order valence-corrected chi connectivity index (χ1v) is 8.31. The number of unbranched alkanes of at least 4 members (excludes halogenated alkanes) is 6. The maximum Gasteiger partial charge on any atom is 0.322 e. The molecule has 124 valence electrons. The maximum atomic E-state index is 12.0. The van der Waals surface area contributed by atoms with Gasteiger partial charge >= 0.3 is 11.9 Å². The summed E-state index contributed by atoms with van der Waals surface area (Å²) in [5, 5.41) is 0. The molecule has 0 aliphatic carbocycles. The van der Waals surface area contributed by atoms with Gasteiger partial charge < -0.3 is 9.47 Å². The molecule has 4 heteroatoms. The lowest BCUT2D eigenvalue weighted by atomic mass is 9.94. The van der Waals surface area contributed by atoms with Crippen molar-refractivity contribution in [3.63, 3.8) is 0 Å². The quantitative estimate of drug-likeness (QED) is 0.307. The molecule has 0 N–H and O–H groups in total. The molecule has 0 aromatic rings. The summed E-state index contributed by atoms with van der Waals surface area (Å²) in [5.74, 6) is -0.985. The number of carbonyl (C=O) groups is 2. The molecule has 0 aliphatic heterocycles. The first kappa shape index (κ1) is 19.9. The van der Waals surface area contributed by atoms with Crippen LogP contribution >= 0.6 is 0 Å². The van der Waals surface area contributed by atoms with Crippen LogP contribution in [0.1, 0.15) is 79.1 Å². The van der Waals surface area contributed by atoms with Crippen LogP contribution in [0.25, 0.3) is 0 Å². The highest BCUT2D eigenvalue weighted by Gasteiger charge is 2.39. The van der Waals surface area contributed by atoms with Crippen molar-refractivity contribution in [3.8, 4) is 0 Å². The van der Waals surface area contributed by atoms with Gasteiger partial charge in [-0.05, 0) is 26.7 Å². The molecular formula is C17H32O4. The molecule has 0 heterocycles. The fraction of sp³-hybridized carbons (Fsp3) is 0.882. The molecule has 0 aliphatic rings. The highest BCUT2D eigenvalue weighted by Crippen LogP contribution is 2.20. The van der Waals surface area contributed by atoms with Crippen LogP contribution < -0.4 is 0 Å². The second-order valence-corrected chi connectivity index (χ2v) is 6.02. The zero-order chi connectivity index (χ0) is 16.1. The zero-order valence-electron chi connectivity index (χ0n) is 14.2. The van der Waals surface area contributed by atoms with Gasteiger partial charge in [0, 0.05) is 0 Å². The molecule has 0 fully saturated rings. The SMILES string of the molecule is CCCCCCCCOC(=O)C(C)(C)C(=O)OCCCC. The van der Waals surface area contributed by atoms with Gasteiger partial charge in [0.2, 0.25) is 0 Å². The van der Waals surface area contributed by atoms with Crippen LogP contribution in [0.3, 0.4) is 0 Å². The minimum Gasteiger partial charge on any atom is -0.465 e. The van der Waals surface area contributed by atoms with Crippen LogP contribution in [0, 0.1) is 5.41 Å². The van der Waals surface area contributed by atoms with Crippen molar-refractivity contribution in [2.45, 2.75) is 79.1 Å². The van der Waals surface area contributed by atoms with Crippen molar-refractivity contribution >= 4 is 11.9 Å². The first-order chi connectivity index (χ1) is 9.96. The summed E-state index contributed by atoms with van der Waals surface area (Å²) in [6.45, 7) is 8.08. The molecule has 0 spiro atoms. The van der Waals surface area contributed by atoms with E-state index < -0.39 is 17.4 Å². The average molecular weight is 300 g/mol. The molecule has 0 rings (SSSR count). The fourth-order valence-electron chi connectivity index (χ4n) is 1.80. The van der Waals surface area contributed by atoms with E-state index in [1.165, 1.54) is 25.7 Å². The summed E-state index contributed by atoms with van der Waals surface area (Å²) < 4.78 is 10.3. The number of hydrogen-bond acceptors (Lipinski definition) is 4. The van der Waals surface area contributed by atoms with Crippen LogP contribution in [-0.2, 0) is 19.1 Å². The third-order valence-electron chi connectivity index (χ3n) is 3.48. The number of hydrogen-bond donors (Lipinski definition) is 0. The predicted molar refractivity (Wildman–Crippen MR) is 84.0 cm³/mol. The number of rotatable bonds is 12. The van der Waals surface area contributed by atoms with Gasteiger partial charge in [0.15, 0.2) is 5.41 Å². The monoisotopic (exact) mass is 300 g/mol. The molecule has 0 atom stereocenters. The van der Waals surface area contributed by atoms with Crippen LogP contribution in [0.4, 0.5) is 0 Å². The van der Waals surface area contributed by atoms with E-state index in [-0.39, 0.29) is 0 Å². The molecule has 0 aromatic heterocycles. The van der Waals surface area contributed by atoms with Crippen LogP contribution in [0.2, 0.25) is 0 Å². The van der Waals surface area contributed by atoms with Crippen molar-refractivity contribution in [1.82, 2.24) is 0 Å². The summed E-state index contributed by atoms with van der Waals surface area (Å²) in [6, 6.07) is 0. The Balaban J connectivity index is 3.88. The van der Waals surface area contributed by atoms with E-state index in [2.05, 4.69) is 6.92 Å². The number of ether oxygens (including phenoxy) is 2. The van der Waals surface area contributed by atoms with Gasteiger partial charge in [-0.3, -0.25) is 9.59 Å². The summed E-state index contributed by atoms with van der Waals surface area (Å²) in [7, 11) is 0. The highest BCUT2D eigenvalue weighted by molar-refractivity contribution is 5.99. The summed E-state index contributed by atoms with van der Waals surface area (Å²) >= 11 is 0. The summed E-state index contributed by atoms with van der Waals surface area (Å²) in [5.41, 5.74) is -1.21. The van der Waals surface area contributed by atoms with Gasteiger partial charge in [-0.2, -0.15) is 0 Å². The van der Waals surface area contributed by atoms with E-state index >= 15 is 0 Å². The summed E-state index contributed by atoms with van der Waals surface area (Å²) in [6.07, 6.45) is 8.59. The Morgan fingerprint density at radius 2 is 1.14 bits per heavy atom. The molecule has 0 amide bonds. The second kappa shape index (κ2) is 11.6. The van der Waals surface area contributed by atoms with Gasteiger partial charge in [0.05, 0.1) is 13.2 Å². The van der Waals surface area contributed by atoms with E-state index in [0.29, 0.717) is 13.2 Å². The normalized spacial score (nSPS) is 11.2. The Labute approximate surface area is 129 Å². The standard InChI is InChI=1S/C17H32O4/c1-5-7-9-10-11-12-14-21-16(19)17(3,4)15(18)20-13-8-6-2/h5-14H2,1-4H3. The van der Waals surface area contributed by atoms with E-state index in [1.54, 1.807) is 13.8 Å². The molecule has 4 nitrogen and oxygen atoms in total. The number of esters is 2. The van der Waals surface area contributed by atoms with Gasteiger partial charge in [0.1, 0.15) is 0 Å². The van der Waals surface area contributed by atoms with Gasteiger partial charge in [-0.1, -0.05) is 52.4 Å². The molecule has 0 unspecified atom stereocenters. The molecule has 0 aromatic carbocycles. The van der Waals surface area contributed by atoms with Crippen molar-refractivity contribution < 1.29 is 19.1 Å². The first-order valence-electron chi connectivity index (χ1n) is 8.31. The second-order valence-electron chi connectivity index (χ2n) is 6.02. The molecule has 0 saturated carbocycles. The molecular weight excluding hydrogens is 268 g/mol. The van der Waals surface area contributed by atoms with Crippen molar-refractivity contribution in [3.05, 3.63) is 0 Å². The topological polar surface area (TPSA) is 52.6 Å². The van der Waals surface area contributed by atoms with Gasteiger partial charge in [-0.25, -0.2) is 0 Å². The van der Waals surface area contributed by atoms with Gasteiger partial charge in [-0.15, -0.1) is 0 Å². The van der Waals surface area contributed by atoms with Crippen molar-refractivity contribution in [2.24, 2.45) is 5.41 Å². The van der Waals surface area contributed by atoms with Crippen LogP contribution in [0.5, 0.6) is 0 Å². The lowest BCUT2D eigenvalue weighted by molar-refractivity contribution is -0.169. The van der Waals surface area contributed by atoms with Gasteiger partial charge in [0.25, 0.3) is 0 Å². The third kappa shape index (κ3) is 8.74. The van der Waals surface area contributed by atoms with E-state index in [1.807, 2.05) is 6.92 Å². The fourth-order valence-corrected chi connectivity index (χ4v) is 1.80. The lowest BCUT2D eigenvalue weighted by Gasteiger charge is -2.20.